The first-order valence-corrected chi connectivity index (χ1v) is 7.69. The molecule has 2 rings (SSSR count). The molecule has 1 heterocycles. The van der Waals surface area contributed by atoms with Crippen LogP contribution in [0.25, 0.3) is 11.3 Å². The third-order valence-corrected chi connectivity index (χ3v) is 3.82. The molecule has 0 unspecified atom stereocenters. The minimum Gasteiger partial charge on any atom is -0.492 e. The van der Waals surface area contributed by atoms with E-state index in [-0.39, 0.29) is 5.75 Å². The van der Waals surface area contributed by atoms with Crippen LogP contribution >= 0.6 is 31.9 Å². The Bertz CT molecular complexity index is 726. The molecule has 23 heavy (non-hydrogen) atoms. The van der Waals surface area contributed by atoms with Crippen LogP contribution in [0.4, 0.5) is 19.0 Å². The van der Waals surface area contributed by atoms with E-state index in [0.717, 1.165) is 6.07 Å². The van der Waals surface area contributed by atoms with E-state index < -0.39 is 12.1 Å². The number of para-hydroxylation sites is 1. The van der Waals surface area contributed by atoms with Gasteiger partial charge in [0, 0.05) is 12.6 Å². The number of hydrogen-bond donors (Lipinski definition) is 1. The molecule has 1 N–H and O–H groups in total. The van der Waals surface area contributed by atoms with Crippen molar-refractivity contribution in [3.63, 3.8) is 0 Å². The number of halogens is 5. The molecule has 5 nitrogen and oxygen atoms in total. The fourth-order valence-electron chi connectivity index (χ4n) is 1.84. The van der Waals surface area contributed by atoms with Crippen molar-refractivity contribution in [2.75, 3.05) is 19.5 Å². The summed E-state index contributed by atoms with van der Waals surface area (Å²) >= 11 is 6.48. The zero-order valence-corrected chi connectivity index (χ0v) is 15.0. The van der Waals surface area contributed by atoms with Gasteiger partial charge in [-0.2, -0.15) is 0 Å². The monoisotopic (exact) mass is 455 g/mol. The maximum absolute atomic E-state index is 12.5. The van der Waals surface area contributed by atoms with Crippen molar-refractivity contribution >= 4 is 37.7 Å². The van der Waals surface area contributed by atoms with E-state index in [4.69, 9.17) is 4.74 Å². The highest BCUT2D eigenvalue weighted by Gasteiger charge is 2.33. The second-order valence-corrected chi connectivity index (χ2v) is 5.64. The van der Waals surface area contributed by atoms with Gasteiger partial charge in [0.25, 0.3) is 0 Å². The summed E-state index contributed by atoms with van der Waals surface area (Å²) in [5.74, 6) is -0.128. The predicted octanol–water partition coefficient (Wildman–Crippen LogP) is 4.62. The zero-order valence-electron chi connectivity index (χ0n) is 11.8. The average Bonchev–Trinajstić information content (AvgIpc) is 2.45. The third kappa shape index (κ3) is 4.05. The number of rotatable bonds is 4. The van der Waals surface area contributed by atoms with E-state index >= 15 is 0 Å². The number of nitrogens with one attached hydrogen (secondary N) is 1. The maximum Gasteiger partial charge on any atom is 0.573 e. The molecule has 0 amide bonds. The lowest BCUT2D eigenvalue weighted by Crippen LogP contribution is -2.17. The standard InChI is InChI=1S/C13H10Br2F3N3O2/c1-19-12-11(15)21-10(14)8(20-12)6-4-3-5-7(9(6)22-2)23-13(16,17)18/h3-5H,1-2H3,(H,19,20). The summed E-state index contributed by atoms with van der Waals surface area (Å²) in [6.07, 6.45) is -4.83. The summed E-state index contributed by atoms with van der Waals surface area (Å²) < 4.78 is 47.4. The van der Waals surface area contributed by atoms with Gasteiger partial charge in [-0.1, -0.05) is 6.07 Å². The molecule has 0 radical (unpaired) electrons. The molecule has 0 aliphatic rings. The molecular weight excluding hydrogens is 447 g/mol. The second kappa shape index (κ2) is 6.91. The molecule has 2 aromatic rings. The fraction of sp³-hybridized carbons (Fsp3) is 0.231. The predicted molar refractivity (Wildman–Crippen MR) is 85.6 cm³/mol. The quantitative estimate of drug-likeness (QED) is 0.727. The number of anilines is 1. The van der Waals surface area contributed by atoms with Gasteiger partial charge in [-0.25, -0.2) is 9.97 Å². The third-order valence-electron chi connectivity index (χ3n) is 2.71. The van der Waals surface area contributed by atoms with Crippen molar-refractivity contribution in [1.29, 1.82) is 0 Å². The van der Waals surface area contributed by atoms with Crippen LogP contribution in [0.2, 0.25) is 0 Å². The Morgan fingerprint density at radius 3 is 2.39 bits per heavy atom. The van der Waals surface area contributed by atoms with Crippen LogP contribution in [-0.2, 0) is 0 Å². The molecule has 0 bridgehead atoms. The number of hydrogen-bond acceptors (Lipinski definition) is 5. The highest BCUT2D eigenvalue weighted by atomic mass is 79.9. The smallest absolute Gasteiger partial charge is 0.492 e. The van der Waals surface area contributed by atoms with E-state index in [9.17, 15) is 13.2 Å². The number of alkyl halides is 3. The van der Waals surface area contributed by atoms with E-state index in [1.165, 1.54) is 13.2 Å². The highest BCUT2D eigenvalue weighted by molar-refractivity contribution is 9.11. The fourth-order valence-corrected chi connectivity index (χ4v) is 3.03. The number of aromatic nitrogens is 2. The molecule has 124 valence electrons. The molecule has 10 heteroatoms. The Kier molecular flexibility index (Phi) is 5.35. The Morgan fingerprint density at radius 1 is 1.13 bits per heavy atom. The van der Waals surface area contributed by atoms with Crippen LogP contribution in [0.5, 0.6) is 11.5 Å². The van der Waals surface area contributed by atoms with Crippen molar-refractivity contribution in [3.8, 4) is 22.8 Å². The lowest BCUT2D eigenvalue weighted by molar-refractivity contribution is -0.275. The molecule has 0 spiro atoms. The maximum atomic E-state index is 12.5. The molecule has 0 atom stereocenters. The van der Waals surface area contributed by atoms with Crippen molar-refractivity contribution in [3.05, 3.63) is 27.4 Å². The van der Waals surface area contributed by atoms with Crippen molar-refractivity contribution < 1.29 is 22.6 Å². The van der Waals surface area contributed by atoms with Gasteiger partial charge in [0.05, 0.1) is 7.11 Å². The SMILES string of the molecule is CNc1nc(-c2cccc(OC(F)(F)F)c2OC)c(Br)nc1Br. The molecule has 0 aliphatic carbocycles. The Labute approximate surface area is 146 Å². The number of nitrogens with zero attached hydrogens (tertiary/aromatic N) is 2. The molecule has 0 saturated heterocycles. The first kappa shape index (κ1) is 17.8. The first-order chi connectivity index (χ1) is 10.8. The van der Waals surface area contributed by atoms with Crippen LogP contribution in [0.1, 0.15) is 0 Å². The van der Waals surface area contributed by atoms with Crippen molar-refractivity contribution in [2.45, 2.75) is 6.36 Å². The molecule has 0 aliphatic heterocycles. The summed E-state index contributed by atoms with van der Waals surface area (Å²) in [6.45, 7) is 0. The largest absolute Gasteiger partial charge is 0.573 e. The van der Waals surface area contributed by atoms with E-state index in [1.54, 1.807) is 13.1 Å². The normalized spacial score (nSPS) is 11.3. The van der Waals surface area contributed by atoms with E-state index in [1.807, 2.05) is 0 Å². The van der Waals surface area contributed by atoms with Crippen LogP contribution in [0, 0.1) is 0 Å². The van der Waals surface area contributed by atoms with Gasteiger partial charge in [0.15, 0.2) is 17.3 Å². The minimum absolute atomic E-state index is 0.0933. The van der Waals surface area contributed by atoms with Crippen LogP contribution < -0.4 is 14.8 Å². The average molecular weight is 457 g/mol. The zero-order chi connectivity index (χ0) is 17.2. The summed E-state index contributed by atoms with van der Waals surface area (Å²) in [4.78, 5) is 8.51. The second-order valence-electron chi connectivity index (χ2n) is 4.14. The van der Waals surface area contributed by atoms with Gasteiger partial charge >= 0.3 is 6.36 Å². The Hall–Kier alpha value is -1.55. The number of ether oxygens (including phenoxy) is 2. The van der Waals surface area contributed by atoms with Crippen molar-refractivity contribution in [2.24, 2.45) is 0 Å². The van der Waals surface area contributed by atoms with Gasteiger partial charge in [-0.15, -0.1) is 13.2 Å². The van der Waals surface area contributed by atoms with E-state index in [0.29, 0.717) is 26.3 Å². The van der Waals surface area contributed by atoms with E-state index in [2.05, 4.69) is 51.9 Å². The summed E-state index contributed by atoms with van der Waals surface area (Å²) in [7, 11) is 2.90. The van der Waals surface area contributed by atoms with Gasteiger partial charge < -0.3 is 14.8 Å². The number of benzene rings is 1. The van der Waals surface area contributed by atoms with Crippen LogP contribution in [-0.4, -0.2) is 30.5 Å². The highest BCUT2D eigenvalue weighted by Crippen LogP contribution is 2.42. The molecule has 0 saturated carbocycles. The summed E-state index contributed by atoms with van der Waals surface area (Å²) in [5.41, 5.74) is 0.611. The Balaban J connectivity index is 2.62. The minimum atomic E-state index is -4.83. The number of methoxy groups -OCH3 is 1. The van der Waals surface area contributed by atoms with Crippen LogP contribution in [0.3, 0.4) is 0 Å². The lowest BCUT2D eigenvalue weighted by Gasteiger charge is -2.16. The van der Waals surface area contributed by atoms with Gasteiger partial charge in [-0.05, 0) is 44.0 Å². The Morgan fingerprint density at radius 2 is 1.83 bits per heavy atom. The topological polar surface area (TPSA) is 56.3 Å². The van der Waals surface area contributed by atoms with Gasteiger partial charge in [0.1, 0.15) is 14.9 Å². The van der Waals surface area contributed by atoms with Crippen LogP contribution in [0.15, 0.2) is 27.4 Å². The van der Waals surface area contributed by atoms with Gasteiger partial charge in [0.2, 0.25) is 0 Å². The molecule has 0 fully saturated rings. The molecule has 1 aromatic carbocycles. The molecule has 1 aromatic heterocycles. The van der Waals surface area contributed by atoms with Crippen molar-refractivity contribution in [1.82, 2.24) is 9.97 Å². The summed E-state index contributed by atoms with van der Waals surface area (Å²) in [6, 6.07) is 4.13. The molecular formula is C13H10Br2F3N3O2. The summed E-state index contributed by atoms with van der Waals surface area (Å²) in [5, 5.41) is 2.83. The first-order valence-electron chi connectivity index (χ1n) is 6.10. The van der Waals surface area contributed by atoms with Gasteiger partial charge in [-0.3, -0.25) is 0 Å². The lowest BCUT2D eigenvalue weighted by atomic mass is 10.1.